The molecule has 0 unspecified atom stereocenters. The van der Waals surface area contributed by atoms with Crippen LogP contribution >= 0.6 is 0 Å². The molecule has 0 heterocycles. The Labute approximate surface area is 104 Å². The second-order valence-electron chi connectivity index (χ2n) is 3.24. The van der Waals surface area contributed by atoms with Crippen LogP contribution in [0.25, 0.3) is 0 Å². The standard InChI is InChI=1S/C12H14O6/c1-15-9-4-8(6-13)5-10(12(9)17-3)18-7-11(14)16-2/h4-6H,7H2,1-3H3. The van der Waals surface area contributed by atoms with Gasteiger partial charge in [0, 0.05) is 5.56 Å². The molecule has 0 fully saturated rings. The van der Waals surface area contributed by atoms with Gasteiger partial charge in [-0.1, -0.05) is 0 Å². The third-order valence-electron chi connectivity index (χ3n) is 2.18. The number of ether oxygens (including phenoxy) is 4. The summed E-state index contributed by atoms with van der Waals surface area (Å²) in [5.41, 5.74) is 0.354. The van der Waals surface area contributed by atoms with Crippen molar-refractivity contribution in [1.82, 2.24) is 0 Å². The van der Waals surface area contributed by atoms with Crippen LogP contribution < -0.4 is 14.2 Å². The van der Waals surface area contributed by atoms with Gasteiger partial charge < -0.3 is 18.9 Å². The van der Waals surface area contributed by atoms with E-state index in [0.29, 0.717) is 23.3 Å². The molecule has 0 bridgehead atoms. The van der Waals surface area contributed by atoms with Crippen LogP contribution in [0.4, 0.5) is 0 Å². The average molecular weight is 254 g/mol. The first-order valence-electron chi connectivity index (χ1n) is 5.07. The topological polar surface area (TPSA) is 71.1 Å². The second kappa shape index (κ2) is 6.48. The fourth-order valence-corrected chi connectivity index (χ4v) is 1.32. The predicted molar refractivity (Wildman–Crippen MR) is 62.4 cm³/mol. The molecule has 0 saturated heterocycles. The average Bonchev–Trinajstić information content (AvgIpc) is 2.43. The molecule has 18 heavy (non-hydrogen) atoms. The molecular weight excluding hydrogens is 240 g/mol. The molecule has 6 nitrogen and oxygen atoms in total. The van der Waals surface area contributed by atoms with E-state index in [9.17, 15) is 9.59 Å². The van der Waals surface area contributed by atoms with E-state index in [0.717, 1.165) is 0 Å². The highest BCUT2D eigenvalue weighted by Gasteiger charge is 2.15. The van der Waals surface area contributed by atoms with Crippen LogP contribution in [0.3, 0.4) is 0 Å². The van der Waals surface area contributed by atoms with Crippen LogP contribution in [0.15, 0.2) is 12.1 Å². The van der Waals surface area contributed by atoms with Crippen molar-refractivity contribution in [2.24, 2.45) is 0 Å². The van der Waals surface area contributed by atoms with Crippen molar-refractivity contribution in [3.63, 3.8) is 0 Å². The zero-order valence-electron chi connectivity index (χ0n) is 10.4. The number of carbonyl (C=O) groups excluding carboxylic acids is 2. The monoisotopic (exact) mass is 254 g/mol. The van der Waals surface area contributed by atoms with Gasteiger partial charge in [-0.25, -0.2) is 4.79 Å². The second-order valence-corrected chi connectivity index (χ2v) is 3.24. The molecule has 0 radical (unpaired) electrons. The number of benzene rings is 1. The Morgan fingerprint density at radius 2 is 1.83 bits per heavy atom. The lowest BCUT2D eigenvalue weighted by molar-refractivity contribution is -0.142. The summed E-state index contributed by atoms with van der Waals surface area (Å²) in [4.78, 5) is 21.8. The summed E-state index contributed by atoms with van der Waals surface area (Å²) >= 11 is 0. The van der Waals surface area contributed by atoms with E-state index in [-0.39, 0.29) is 12.4 Å². The first-order chi connectivity index (χ1) is 8.65. The zero-order valence-corrected chi connectivity index (χ0v) is 10.4. The molecule has 6 heteroatoms. The van der Waals surface area contributed by atoms with Gasteiger partial charge in [0.2, 0.25) is 5.75 Å². The molecule has 0 aliphatic rings. The minimum Gasteiger partial charge on any atom is -0.493 e. The lowest BCUT2D eigenvalue weighted by Gasteiger charge is -2.13. The highest BCUT2D eigenvalue weighted by Crippen LogP contribution is 2.38. The van der Waals surface area contributed by atoms with Crippen molar-refractivity contribution in [3.8, 4) is 17.2 Å². The minimum atomic E-state index is -0.535. The highest BCUT2D eigenvalue weighted by molar-refractivity contribution is 5.78. The Kier molecular flexibility index (Phi) is 4.98. The van der Waals surface area contributed by atoms with Gasteiger partial charge in [0.1, 0.15) is 6.29 Å². The molecular formula is C12H14O6. The number of aldehydes is 1. The van der Waals surface area contributed by atoms with Gasteiger partial charge in [-0.3, -0.25) is 4.79 Å². The smallest absolute Gasteiger partial charge is 0.343 e. The van der Waals surface area contributed by atoms with E-state index < -0.39 is 5.97 Å². The van der Waals surface area contributed by atoms with Crippen molar-refractivity contribution < 1.29 is 28.5 Å². The summed E-state index contributed by atoms with van der Waals surface area (Å²) in [7, 11) is 4.13. The Bertz CT molecular complexity index is 440. The highest BCUT2D eigenvalue weighted by atomic mass is 16.6. The largest absolute Gasteiger partial charge is 0.493 e. The van der Waals surface area contributed by atoms with E-state index >= 15 is 0 Å². The van der Waals surface area contributed by atoms with Crippen molar-refractivity contribution in [2.75, 3.05) is 27.9 Å². The van der Waals surface area contributed by atoms with Crippen LogP contribution in [-0.2, 0) is 9.53 Å². The normalized spacial score (nSPS) is 9.50. The molecule has 0 saturated carbocycles. The van der Waals surface area contributed by atoms with Crippen LogP contribution in [0.2, 0.25) is 0 Å². The summed E-state index contributed by atoms with van der Waals surface area (Å²) in [6, 6.07) is 2.97. The van der Waals surface area contributed by atoms with E-state index in [1.807, 2.05) is 0 Å². The molecule has 1 aromatic rings. The third kappa shape index (κ3) is 3.13. The minimum absolute atomic E-state index is 0.240. The van der Waals surface area contributed by atoms with Gasteiger partial charge in [0.05, 0.1) is 21.3 Å². The maximum Gasteiger partial charge on any atom is 0.343 e. The fourth-order valence-electron chi connectivity index (χ4n) is 1.32. The maximum absolute atomic E-state index is 11.0. The van der Waals surface area contributed by atoms with Gasteiger partial charge in [-0.05, 0) is 12.1 Å². The molecule has 0 aliphatic heterocycles. The van der Waals surface area contributed by atoms with Crippen LogP contribution in [0.5, 0.6) is 17.2 Å². The summed E-state index contributed by atoms with van der Waals surface area (Å²) in [5, 5.41) is 0. The van der Waals surface area contributed by atoms with Gasteiger partial charge in [-0.2, -0.15) is 0 Å². The number of hydrogen-bond acceptors (Lipinski definition) is 6. The van der Waals surface area contributed by atoms with E-state index in [1.54, 1.807) is 0 Å². The summed E-state index contributed by atoms with van der Waals surface area (Å²) < 4.78 is 19.9. The Morgan fingerprint density at radius 3 is 2.33 bits per heavy atom. The molecule has 0 N–H and O–H groups in total. The summed E-state index contributed by atoms with van der Waals surface area (Å²) in [6.45, 7) is -0.279. The van der Waals surface area contributed by atoms with Gasteiger partial charge >= 0.3 is 5.97 Å². The molecule has 0 spiro atoms. The quantitative estimate of drug-likeness (QED) is 0.558. The van der Waals surface area contributed by atoms with E-state index in [2.05, 4.69) is 4.74 Å². The predicted octanol–water partition coefficient (Wildman–Crippen LogP) is 1.07. The number of hydrogen-bond donors (Lipinski definition) is 0. The van der Waals surface area contributed by atoms with Gasteiger partial charge in [0.25, 0.3) is 0 Å². The maximum atomic E-state index is 11.0. The summed E-state index contributed by atoms with van der Waals surface area (Å²) in [5.74, 6) is 0.367. The van der Waals surface area contributed by atoms with Crippen LogP contribution in [0.1, 0.15) is 10.4 Å². The molecule has 0 aromatic heterocycles. The van der Waals surface area contributed by atoms with Crippen molar-refractivity contribution in [3.05, 3.63) is 17.7 Å². The van der Waals surface area contributed by atoms with E-state index in [4.69, 9.17) is 14.2 Å². The third-order valence-corrected chi connectivity index (χ3v) is 2.18. The van der Waals surface area contributed by atoms with E-state index in [1.165, 1.54) is 33.5 Å². The van der Waals surface area contributed by atoms with Crippen LogP contribution in [0, 0.1) is 0 Å². The molecule has 0 amide bonds. The van der Waals surface area contributed by atoms with Crippen LogP contribution in [-0.4, -0.2) is 40.2 Å². The molecule has 0 aliphatic carbocycles. The van der Waals surface area contributed by atoms with Crippen molar-refractivity contribution >= 4 is 12.3 Å². The lowest BCUT2D eigenvalue weighted by atomic mass is 10.2. The molecule has 0 atom stereocenters. The first kappa shape index (κ1) is 13.8. The zero-order chi connectivity index (χ0) is 13.5. The number of esters is 1. The van der Waals surface area contributed by atoms with Gasteiger partial charge in [0.15, 0.2) is 18.1 Å². The summed E-state index contributed by atoms with van der Waals surface area (Å²) in [6.07, 6.45) is 0.646. The first-order valence-corrected chi connectivity index (χ1v) is 5.07. The van der Waals surface area contributed by atoms with Gasteiger partial charge in [-0.15, -0.1) is 0 Å². The molecule has 1 aromatic carbocycles. The number of carbonyl (C=O) groups is 2. The number of rotatable bonds is 6. The molecule has 98 valence electrons. The Hall–Kier alpha value is -2.24. The fraction of sp³-hybridized carbons (Fsp3) is 0.333. The lowest BCUT2D eigenvalue weighted by Crippen LogP contribution is -2.13. The van der Waals surface area contributed by atoms with Crippen molar-refractivity contribution in [2.45, 2.75) is 0 Å². The SMILES string of the molecule is COC(=O)COc1cc(C=O)cc(OC)c1OC. The van der Waals surface area contributed by atoms with Crippen molar-refractivity contribution in [1.29, 1.82) is 0 Å². The number of methoxy groups -OCH3 is 3. The Morgan fingerprint density at radius 1 is 1.17 bits per heavy atom. The Balaban J connectivity index is 3.06. The molecule has 1 rings (SSSR count).